The van der Waals surface area contributed by atoms with E-state index < -0.39 is 0 Å². The molecular weight excluding hydrogens is 279 g/mol. The number of hydrogen-bond donors (Lipinski definition) is 0. The van der Waals surface area contributed by atoms with Crippen LogP contribution in [-0.4, -0.2) is 12.6 Å². The van der Waals surface area contributed by atoms with Gasteiger partial charge in [0.2, 0.25) is 0 Å². The van der Waals surface area contributed by atoms with Gasteiger partial charge < -0.3 is 4.74 Å². The highest BCUT2D eigenvalue weighted by Gasteiger charge is 2.05. The third kappa shape index (κ3) is 3.18. The highest BCUT2D eigenvalue weighted by molar-refractivity contribution is 14.1. The number of carbonyl (C=O) groups is 1. The molecule has 0 radical (unpaired) electrons. The molecule has 0 spiro atoms. The number of esters is 1. The Morgan fingerprint density at radius 3 is 3.00 bits per heavy atom. The molecule has 0 fully saturated rings. The van der Waals surface area contributed by atoms with Crippen LogP contribution in [0.1, 0.15) is 10.4 Å². The van der Waals surface area contributed by atoms with Crippen molar-refractivity contribution in [1.82, 2.24) is 0 Å². The first-order chi connectivity index (χ1) is 6.24. The van der Waals surface area contributed by atoms with Crippen molar-refractivity contribution >= 4 is 28.6 Å². The van der Waals surface area contributed by atoms with Crippen molar-refractivity contribution in [1.29, 1.82) is 0 Å². The van der Waals surface area contributed by atoms with Crippen LogP contribution in [0, 0.1) is 3.57 Å². The molecule has 0 atom stereocenters. The lowest BCUT2D eigenvalue weighted by Crippen LogP contribution is -2.04. The van der Waals surface area contributed by atoms with E-state index in [0.717, 1.165) is 3.57 Å². The van der Waals surface area contributed by atoms with E-state index >= 15 is 0 Å². The molecule has 68 valence electrons. The van der Waals surface area contributed by atoms with Gasteiger partial charge in [-0.2, -0.15) is 0 Å². The SMILES string of the molecule is C=CCOC(=O)c1cccc(I)c1. The van der Waals surface area contributed by atoms with Crippen molar-refractivity contribution in [3.05, 3.63) is 46.1 Å². The third-order valence-corrected chi connectivity index (χ3v) is 2.06. The average Bonchev–Trinajstić information content (AvgIpc) is 2.14. The van der Waals surface area contributed by atoms with Crippen LogP contribution in [0.15, 0.2) is 36.9 Å². The molecular formula is C10H9IO2. The minimum absolute atomic E-state index is 0.254. The minimum atomic E-state index is -0.307. The molecule has 0 unspecified atom stereocenters. The fourth-order valence-corrected chi connectivity index (χ4v) is 1.38. The molecule has 3 heteroatoms. The average molecular weight is 288 g/mol. The number of ether oxygens (including phenoxy) is 1. The second-order valence-corrected chi connectivity index (χ2v) is 3.64. The van der Waals surface area contributed by atoms with Crippen molar-refractivity contribution in [3.8, 4) is 0 Å². The van der Waals surface area contributed by atoms with Gasteiger partial charge in [-0.3, -0.25) is 0 Å². The van der Waals surface area contributed by atoms with E-state index in [1.807, 2.05) is 12.1 Å². The zero-order chi connectivity index (χ0) is 9.68. The van der Waals surface area contributed by atoms with Gasteiger partial charge in [0.25, 0.3) is 0 Å². The molecule has 0 amide bonds. The second-order valence-electron chi connectivity index (χ2n) is 2.40. The van der Waals surface area contributed by atoms with Crippen molar-refractivity contribution in [3.63, 3.8) is 0 Å². The van der Waals surface area contributed by atoms with Gasteiger partial charge in [-0.1, -0.05) is 18.7 Å². The molecule has 1 rings (SSSR count). The Kier molecular flexibility index (Phi) is 3.95. The van der Waals surface area contributed by atoms with Gasteiger partial charge in [-0.15, -0.1) is 0 Å². The van der Waals surface area contributed by atoms with Crippen LogP contribution < -0.4 is 0 Å². The Morgan fingerprint density at radius 2 is 2.38 bits per heavy atom. The van der Waals surface area contributed by atoms with E-state index in [4.69, 9.17) is 4.74 Å². The van der Waals surface area contributed by atoms with Gasteiger partial charge in [0.05, 0.1) is 5.56 Å². The van der Waals surface area contributed by atoms with Crippen LogP contribution in [0.4, 0.5) is 0 Å². The molecule has 0 aliphatic rings. The summed E-state index contributed by atoms with van der Waals surface area (Å²) in [6.45, 7) is 3.72. The summed E-state index contributed by atoms with van der Waals surface area (Å²) in [5, 5.41) is 0. The van der Waals surface area contributed by atoms with Crippen LogP contribution in [-0.2, 0) is 4.74 Å². The van der Waals surface area contributed by atoms with E-state index in [0.29, 0.717) is 5.56 Å². The summed E-state index contributed by atoms with van der Waals surface area (Å²) in [5.41, 5.74) is 0.578. The molecule has 0 N–H and O–H groups in total. The summed E-state index contributed by atoms with van der Waals surface area (Å²) in [5.74, 6) is -0.307. The number of rotatable bonds is 3. The molecule has 0 aliphatic carbocycles. The van der Waals surface area contributed by atoms with Gasteiger partial charge in [-0.25, -0.2) is 4.79 Å². The topological polar surface area (TPSA) is 26.3 Å². The first-order valence-electron chi connectivity index (χ1n) is 3.77. The molecule has 0 bridgehead atoms. The van der Waals surface area contributed by atoms with Gasteiger partial charge in [0.15, 0.2) is 0 Å². The summed E-state index contributed by atoms with van der Waals surface area (Å²) >= 11 is 2.15. The quantitative estimate of drug-likeness (QED) is 0.485. The molecule has 1 aromatic carbocycles. The summed E-state index contributed by atoms with van der Waals surface area (Å²) in [4.78, 5) is 11.3. The lowest BCUT2D eigenvalue weighted by molar-refractivity contribution is 0.0549. The van der Waals surface area contributed by atoms with Gasteiger partial charge in [0.1, 0.15) is 6.61 Å². The minimum Gasteiger partial charge on any atom is -0.458 e. The molecule has 2 nitrogen and oxygen atoms in total. The maximum Gasteiger partial charge on any atom is 0.338 e. The first kappa shape index (κ1) is 10.2. The fourth-order valence-electron chi connectivity index (χ4n) is 0.833. The second kappa shape index (κ2) is 5.01. The Bertz CT molecular complexity index is 320. The lowest BCUT2D eigenvalue weighted by atomic mass is 10.2. The maximum absolute atomic E-state index is 11.3. The summed E-state index contributed by atoms with van der Waals surface area (Å²) in [6, 6.07) is 7.26. The molecule has 13 heavy (non-hydrogen) atoms. The Hall–Kier alpha value is -0.840. The standard InChI is InChI=1S/C10H9IO2/c1-2-6-13-10(12)8-4-3-5-9(11)7-8/h2-5,7H,1,6H2. The van der Waals surface area contributed by atoms with Crippen molar-refractivity contribution < 1.29 is 9.53 Å². The smallest absolute Gasteiger partial charge is 0.338 e. The lowest BCUT2D eigenvalue weighted by Gasteiger charge is -2.01. The number of carbonyl (C=O) groups excluding carboxylic acids is 1. The zero-order valence-corrected chi connectivity index (χ0v) is 9.15. The Balaban J connectivity index is 2.71. The summed E-state index contributed by atoms with van der Waals surface area (Å²) < 4.78 is 5.89. The van der Waals surface area contributed by atoms with Gasteiger partial charge in [-0.05, 0) is 40.8 Å². The molecule has 0 saturated heterocycles. The predicted molar refractivity (Wildman–Crippen MR) is 59.6 cm³/mol. The number of benzene rings is 1. The van der Waals surface area contributed by atoms with E-state index in [1.165, 1.54) is 0 Å². The van der Waals surface area contributed by atoms with Crippen molar-refractivity contribution in [2.24, 2.45) is 0 Å². The monoisotopic (exact) mass is 288 g/mol. The van der Waals surface area contributed by atoms with Crippen molar-refractivity contribution in [2.45, 2.75) is 0 Å². The first-order valence-corrected chi connectivity index (χ1v) is 4.85. The third-order valence-electron chi connectivity index (χ3n) is 1.39. The summed E-state index contributed by atoms with van der Waals surface area (Å²) in [7, 11) is 0. The fraction of sp³-hybridized carbons (Fsp3) is 0.100. The maximum atomic E-state index is 11.3. The van der Waals surface area contributed by atoms with Crippen LogP contribution in [0.2, 0.25) is 0 Å². The van der Waals surface area contributed by atoms with Gasteiger partial charge in [0, 0.05) is 3.57 Å². The highest BCUT2D eigenvalue weighted by Crippen LogP contribution is 2.08. The van der Waals surface area contributed by atoms with Gasteiger partial charge >= 0.3 is 5.97 Å². The van der Waals surface area contributed by atoms with Crippen LogP contribution in [0.5, 0.6) is 0 Å². The molecule has 0 heterocycles. The normalized spacial score (nSPS) is 9.31. The number of hydrogen-bond acceptors (Lipinski definition) is 2. The largest absolute Gasteiger partial charge is 0.458 e. The molecule has 0 aromatic heterocycles. The van der Waals surface area contributed by atoms with Crippen LogP contribution >= 0.6 is 22.6 Å². The van der Waals surface area contributed by atoms with Crippen LogP contribution in [0.3, 0.4) is 0 Å². The zero-order valence-electron chi connectivity index (χ0n) is 7.00. The molecule has 0 aliphatic heterocycles. The molecule has 1 aromatic rings. The Labute approximate surface area is 90.7 Å². The highest BCUT2D eigenvalue weighted by atomic mass is 127. The summed E-state index contributed by atoms with van der Waals surface area (Å²) in [6.07, 6.45) is 1.55. The van der Waals surface area contributed by atoms with Crippen molar-refractivity contribution in [2.75, 3.05) is 6.61 Å². The Morgan fingerprint density at radius 1 is 1.62 bits per heavy atom. The van der Waals surface area contributed by atoms with E-state index in [9.17, 15) is 4.79 Å². The molecule has 0 saturated carbocycles. The van der Waals surface area contributed by atoms with E-state index in [2.05, 4.69) is 29.2 Å². The van der Waals surface area contributed by atoms with Crippen LogP contribution in [0.25, 0.3) is 0 Å². The number of halogens is 1. The van der Waals surface area contributed by atoms with E-state index in [1.54, 1.807) is 18.2 Å². The van der Waals surface area contributed by atoms with E-state index in [-0.39, 0.29) is 12.6 Å². The predicted octanol–water partition coefficient (Wildman–Crippen LogP) is 2.63.